The first-order valence-corrected chi connectivity index (χ1v) is 9.25. The molecule has 0 aromatic heterocycles. The van der Waals surface area contributed by atoms with E-state index in [1.54, 1.807) is 6.92 Å². The van der Waals surface area contributed by atoms with Gasteiger partial charge in [-0.1, -0.05) is 5.92 Å². The van der Waals surface area contributed by atoms with E-state index >= 15 is 0 Å². The third-order valence-electron chi connectivity index (χ3n) is 2.19. The predicted molar refractivity (Wildman–Crippen MR) is 145 cm³/mol. The third kappa shape index (κ3) is 28.1. The standard InChI is InChI=1S/C37H3/c1-3-5-7-9-11-13-15-17-19-21-23-25-27-29-31-33-35-37-36-34-32-30-28-26-24-22-20-18-16-14-12-10-8-6-4-2/h1H3/q-1. The Kier molecular flexibility index (Phi) is 22.1. The maximum atomic E-state index is 6.55. The summed E-state index contributed by atoms with van der Waals surface area (Å²) < 4.78 is 0. The van der Waals surface area contributed by atoms with E-state index in [1.807, 2.05) is 5.92 Å². The van der Waals surface area contributed by atoms with Crippen LogP contribution in [0.15, 0.2) is 0 Å². The largest absolute Gasteiger partial charge is 0.358 e. The van der Waals surface area contributed by atoms with Gasteiger partial charge in [-0.05, 0) is 102 Å². The Balaban J connectivity index is 4.51. The molecule has 0 nitrogen and oxygen atoms in total. The topological polar surface area (TPSA) is 0 Å². The summed E-state index contributed by atoms with van der Waals surface area (Å²) in [5, 5.41) is 0. The molecule has 0 aromatic carbocycles. The van der Waals surface area contributed by atoms with E-state index in [1.165, 1.54) is 0 Å². The van der Waals surface area contributed by atoms with Crippen molar-refractivity contribution in [1.29, 1.82) is 0 Å². The minimum Gasteiger partial charge on any atom is -0.358 e. The molecule has 0 N–H and O–H groups in total. The summed E-state index contributed by atoms with van der Waals surface area (Å²) in [6, 6.07) is 0. The second-order valence-corrected chi connectivity index (χ2v) is 4.50. The highest BCUT2D eigenvalue weighted by molar-refractivity contribution is 5.49. The van der Waals surface area contributed by atoms with Crippen molar-refractivity contribution in [3.05, 3.63) is 6.42 Å². The molecular weight excluding hydrogens is 444 g/mol. The van der Waals surface area contributed by atoms with Crippen molar-refractivity contribution in [1.82, 2.24) is 0 Å². The molecule has 0 aliphatic heterocycles. The van der Waals surface area contributed by atoms with Gasteiger partial charge < -0.3 is 6.42 Å². The van der Waals surface area contributed by atoms with Gasteiger partial charge in [0, 0.05) is 88.8 Å². The molecule has 0 aliphatic rings. The maximum absolute atomic E-state index is 6.55. The normalized spacial score (nSPS) is 3.89. The van der Waals surface area contributed by atoms with Crippen molar-refractivity contribution < 1.29 is 0 Å². The molecule has 0 heterocycles. The van der Waals surface area contributed by atoms with Crippen LogP contribution in [0.2, 0.25) is 0 Å². The van der Waals surface area contributed by atoms with E-state index in [9.17, 15) is 0 Å². The molecule has 0 bridgehead atoms. The van der Waals surface area contributed by atoms with E-state index in [2.05, 4.69) is 201 Å². The average Bonchev–Trinajstić information content (AvgIpc) is 2.91. The van der Waals surface area contributed by atoms with Gasteiger partial charge in [-0.2, -0.15) is 0 Å². The quantitative estimate of drug-likeness (QED) is 0.378. The van der Waals surface area contributed by atoms with Crippen LogP contribution >= 0.6 is 0 Å². The lowest BCUT2D eigenvalue weighted by Gasteiger charge is -1.63. The van der Waals surface area contributed by atoms with Crippen molar-refractivity contribution in [3.8, 4) is 207 Å². The van der Waals surface area contributed by atoms with E-state index in [-0.39, 0.29) is 0 Å². The molecular formula is C37H3-. The molecule has 0 fully saturated rings. The maximum Gasteiger partial charge on any atom is 0 e. The minimum atomic E-state index is 1.69. The van der Waals surface area contributed by atoms with E-state index in [4.69, 9.17) is 6.42 Å². The zero-order valence-electron chi connectivity index (χ0n) is 19.0. The van der Waals surface area contributed by atoms with Crippen molar-refractivity contribution in [2.75, 3.05) is 0 Å². The summed E-state index contributed by atoms with van der Waals surface area (Å²) in [4.78, 5) is 0. The van der Waals surface area contributed by atoms with Crippen LogP contribution in [-0.2, 0) is 0 Å². The molecule has 0 atom stereocenters. The van der Waals surface area contributed by atoms with Crippen LogP contribution in [-0.4, -0.2) is 0 Å². The van der Waals surface area contributed by atoms with Gasteiger partial charge >= 0.3 is 0 Å². The summed E-state index contributed by atoms with van der Waals surface area (Å²) in [7, 11) is 0. The Morgan fingerprint density at radius 2 is 0.351 bits per heavy atom. The van der Waals surface area contributed by atoms with Crippen molar-refractivity contribution in [2.24, 2.45) is 0 Å². The molecule has 0 aromatic rings. The molecule has 0 heteroatoms. The van der Waals surface area contributed by atoms with Gasteiger partial charge in [0.05, 0.1) is 0 Å². The van der Waals surface area contributed by atoms with Crippen LogP contribution in [0.5, 0.6) is 0 Å². The van der Waals surface area contributed by atoms with Gasteiger partial charge in [-0.15, -0.1) is 5.92 Å². The summed E-state index contributed by atoms with van der Waals surface area (Å²) in [5.74, 6) is 86.3. The third-order valence-corrected chi connectivity index (χ3v) is 2.19. The Bertz CT molecular complexity index is 2070. The fourth-order valence-electron chi connectivity index (χ4n) is 1.06. The molecule has 152 valence electrons. The number of hydrogen-bond acceptors (Lipinski definition) is 0. The van der Waals surface area contributed by atoms with Crippen LogP contribution in [0.25, 0.3) is 0 Å². The van der Waals surface area contributed by atoms with Crippen LogP contribution in [0.3, 0.4) is 0 Å². The lowest BCUT2D eigenvalue weighted by molar-refractivity contribution is 1.92. The molecule has 0 radical (unpaired) electrons. The van der Waals surface area contributed by atoms with Gasteiger partial charge in [0.1, 0.15) is 0 Å². The smallest absolute Gasteiger partial charge is 0 e. The second kappa shape index (κ2) is 28.1. The molecule has 37 heavy (non-hydrogen) atoms. The van der Waals surface area contributed by atoms with Gasteiger partial charge in [0.25, 0.3) is 0 Å². The fourth-order valence-corrected chi connectivity index (χ4v) is 1.06. The van der Waals surface area contributed by atoms with Gasteiger partial charge in [-0.25, -0.2) is 5.92 Å². The van der Waals surface area contributed by atoms with Gasteiger partial charge in [0.2, 0.25) is 0 Å². The van der Waals surface area contributed by atoms with Crippen molar-refractivity contribution in [3.63, 3.8) is 0 Å². The van der Waals surface area contributed by atoms with Crippen LogP contribution in [0.1, 0.15) is 6.92 Å². The predicted octanol–water partition coefficient (Wildman–Crippen LogP) is 0.654. The Morgan fingerprint density at radius 3 is 0.486 bits per heavy atom. The van der Waals surface area contributed by atoms with Crippen molar-refractivity contribution in [2.45, 2.75) is 6.92 Å². The zero-order valence-corrected chi connectivity index (χ0v) is 19.0. The average molecular weight is 447 g/mol. The van der Waals surface area contributed by atoms with E-state index < -0.39 is 0 Å². The minimum absolute atomic E-state index is 1.69. The zero-order chi connectivity index (χ0) is 26.7. The van der Waals surface area contributed by atoms with Crippen LogP contribution in [0.4, 0.5) is 0 Å². The summed E-state index contributed by atoms with van der Waals surface area (Å²) >= 11 is 0. The van der Waals surface area contributed by atoms with E-state index in [0.29, 0.717) is 0 Å². The number of hydrogen-bond donors (Lipinski definition) is 0. The Labute approximate surface area is 220 Å². The van der Waals surface area contributed by atoms with Crippen LogP contribution < -0.4 is 0 Å². The lowest BCUT2D eigenvalue weighted by Crippen LogP contribution is -1.57. The monoisotopic (exact) mass is 447 g/mol. The summed E-state index contributed by atoms with van der Waals surface area (Å²) in [6.07, 6.45) is 6.55. The van der Waals surface area contributed by atoms with Crippen LogP contribution in [0, 0.1) is 214 Å². The highest BCUT2D eigenvalue weighted by atomic mass is 13.6. The Morgan fingerprint density at radius 1 is 0.216 bits per heavy atom. The molecule has 0 saturated heterocycles. The fraction of sp³-hybridized carbons (Fsp3) is 0.0270. The highest BCUT2D eigenvalue weighted by Crippen LogP contribution is 1.60. The molecule has 0 rings (SSSR count). The molecule has 0 aliphatic carbocycles. The first-order valence-electron chi connectivity index (χ1n) is 9.25. The highest BCUT2D eigenvalue weighted by Gasteiger charge is 1.60. The van der Waals surface area contributed by atoms with E-state index in [0.717, 1.165) is 0 Å². The van der Waals surface area contributed by atoms with Gasteiger partial charge in [-0.3, -0.25) is 5.92 Å². The Hall–Kier alpha value is -7.92. The molecule has 0 saturated carbocycles. The summed E-state index contributed by atoms with van der Waals surface area (Å²) in [6.45, 7) is 1.69. The summed E-state index contributed by atoms with van der Waals surface area (Å²) in [5.41, 5.74) is 0. The lowest BCUT2D eigenvalue weighted by atomic mass is 10.4. The SMILES string of the molecule is [C-]#CC#CC#CC#CC#CC#CC#CC#CC#CC#CC#CC#CC#CC#CC#CC#CC#CC#CC. The first kappa shape index (κ1) is 29.1. The second-order valence-electron chi connectivity index (χ2n) is 4.50. The molecule has 0 spiro atoms. The molecule has 0 unspecified atom stereocenters. The first-order chi connectivity index (χ1) is 18.4. The molecule has 0 amide bonds. The number of rotatable bonds is 0. The van der Waals surface area contributed by atoms with Crippen molar-refractivity contribution >= 4 is 0 Å². The van der Waals surface area contributed by atoms with Gasteiger partial charge in [0.15, 0.2) is 0 Å².